The topological polar surface area (TPSA) is 121 Å². The number of pyridine rings is 1. The van der Waals surface area contributed by atoms with Crippen LogP contribution < -0.4 is 5.56 Å². The number of aromatic amines is 1. The fourth-order valence-electron chi connectivity index (χ4n) is 4.43. The number of carbonyl (C=O) groups is 1. The Bertz CT molecular complexity index is 1420. The van der Waals surface area contributed by atoms with Crippen molar-refractivity contribution in [1.82, 2.24) is 34.9 Å². The standard InChI is InChI=1S/C27H29N7O3/c1-18-3-5-20(6-4-18)26-30-23(37-32-26)17-33-13-15-34(16-14-33)24(35)8-7-22-19(2)29-25(31-27(22)36)21-9-11-28-12-10-21/h3-6,9-12H,7-8,13-17H2,1-2H3,(H,29,31,36). The summed E-state index contributed by atoms with van der Waals surface area (Å²) in [5, 5.41) is 4.10. The summed E-state index contributed by atoms with van der Waals surface area (Å²) in [5.41, 5.74) is 3.87. The molecule has 1 fully saturated rings. The number of aromatic nitrogens is 5. The molecule has 1 aliphatic heterocycles. The molecule has 4 heterocycles. The molecule has 0 unspecified atom stereocenters. The summed E-state index contributed by atoms with van der Waals surface area (Å²) in [4.78, 5) is 45.5. The zero-order valence-electron chi connectivity index (χ0n) is 21.0. The summed E-state index contributed by atoms with van der Waals surface area (Å²) in [6.45, 7) is 7.06. The van der Waals surface area contributed by atoms with Gasteiger partial charge in [0, 0.05) is 67.4 Å². The lowest BCUT2D eigenvalue weighted by Crippen LogP contribution is -2.48. The smallest absolute Gasteiger partial charge is 0.254 e. The average Bonchev–Trinajstić information content (AvgIpc) is 3.37. The quantitative estimate of drug-likeness (QED) is 0.412. The van der Waals surface area contributed by atoms with Gasteiger partial charge in [0.25, 0.3) is 5.56 Å². The van der Waals surface area contributed by atoms with Crippen LogP contribution in [-0.4, -0.2) is 67.0 Å². The molecule has 10 heteroatoms. The molecular weight excluding hydrogens is 470 g/mol. The maximum atomic E-state index is 12.9. The van der Waals surface area contributed by atoms with Crippen molar-refractivity contribution >= 4 is 5.91 Å². The number of hydrogen-bond acceptors (Lipinski definition) is 8. The molecule has 190 valence electrons. The van der Waals surface area contributed by atoms with E-state index in [2.05, 4.69) is 30.0 Å². The maximum absolute atomic E-state index is 12.9. The molecular formula is C27H29N7O3. The van der Waals surface area contributed by atoms with E-state index in [-0.39, 0.29) is 17.9 Å². The van der Waals surface area contributed by atoms with Crippen molar-refractivity contribution < 1.29 is 9.32 Å². The van der Waals surface area contributed by atoms with E-state index in [9.17, 15) is 9.59 Å². The van der Waals surface area contributed by atoms with Crippen molar-refractivity contribution in [2.45, 2.75) is 33.2 Å². The molecule has 0 spiro atoms. The second-order valence-corrected chi connectivity index (χ2v) is 9.25. The SMILES string of the molecule is Cc1ccc(-c2noc(CN3CCN(C(=O)CCc4c(C)nc(-c5ccncc5)[nH]c4=O)CC3)n2)cc1. The minimum atomic E-state index is -0.207. The van der Waals surface area contributed by atoms with E-state index in [1.54, 1.807) is 31.5 Å². The molecule has 1 saturated heterocycles. The second kappa shape index (κ2) is 10.8. The van der Waals surface area contributed by atoms with Gasteiger partial charge in [-0.3, -0.25) is 19.5 Å². The van der Waals surface area contributed by atoms with E-state index in [4.69, 9.17) is 4.52 Å². The van der Waals surface area contributed by atoms with Gasteiger partial charge in [0.2, 0.25) is 17.6 Å². The number of H-pyrrole nitrogens is 1. The maximum Gasteiger partial charge on any atom is 0.254 e. The molecule has 37 heavy (non-hydrogen) atoms. The van der Waals surface area contributed by atoms with E-state index < -0.39 is 0 Å². The molecule has 1 N–H and O–H groups in total. The first kappa shape index (κ1) is 24.5. The Morgan fingerprint density at radius 3 is 2.41 bits per heavy atom. The largest absolute Gasteiger partial charge is 0.340 e. The Morgan fingerprint density at radius 1 is 0.973 bits per heavy atom. The van der Waals surface area contributed by atoms with Crippen LogP contribution >= 0.6 is 0 Å². The van der Waals surface area contributed by atoms with Crippen molar-refractivity contribution in [2.75, 3.05) is 26.2 Å². The third-order valence-electron chi connectivity index (χ3n) is 6.63. The number of benzene rings is 1. The number of nitrogens with one attached hydrogen (secondary N) is 1. The van der Waals surface area contributed by atoms with Crippen LogP contribution in [0.5, 0.6) is 0 Å². The number of carbonyl (C=O) groups excluding carboxylic acids is 1. The van der Waals surface area contributed by atoms with Crippen molar-refractivity contribution in [3.63, 3.8) is 0 Å². The Balaban J connectivity index is 1.12. The van der Waals surface area contributed by atoms with Gasteiger partial charge in [-0.2, -0.15) is 4.98 Å². The molecule has 0 saturated carbocycles. The fraction of sp³-hybridized carbons (Fsp3) is 0.333. The third-order valence-corrected chi connectivity index (χ3v) is 6.63. The zero-order valence-corrected chi connectivity index (χ0v) is 21.0. The molecule has 3 aromatic heterocycles. The lowest BCUT2D eigenvalue weighted by Gasteiger charge is -2.34. The number of amides is 1. The van der Waals surface area contributed by atoms with Crippen LogP contribution in [0.15, 0.2) is 58.1 Å². The summed E-state index contributed by atoms with van der Waals surface area (Å²) in [5.74, 6) is 1.68. The van der Waals surface area contributed by atoms with Crippen LogP contribution in [0, 0.1) is 13.8 Å². The molecule has 0 bridgehead atoms. The van der Waals surface area contributed by atoms with Gasteiger partial charge in [-0.15, -0.1) is 0 Å². The van der Waals surface area contributed by atoms with Crippen molar-refractivity contribution in [2.24, 2.45) is 0 Å². The summed E-state index contributed by atoms with van der Waals surface area (Å²) < 4.78 is 5.45. The van der Waals surface area contributed by atoms with Gasteiger partial charge < -0.3 is 14.4 Å². The zero-order chi connectivity index (χ0) is 25.8. The van der Waals surface area contributed by atoms with Crippen molar-refractivity contribution in [3.8, 4) is 22.8 Å². The van der Waals surface area contributed by atoms with Gasteiger partial charge in [0.05, 0.1) is 6.54 Å². The average molecular weight is 500 g/mol. The fourth-order valence-corrected chi connectivity index (χ4v) is 4.43. The van der Waals surface area contributed by atoms with Crippen LogP contribution in [0.1, 0.15) is 29.1 Å². The molecule has 1 aliphatic rings. The number of aryl methyl sites for hydroxylation is 2. The van der Waals surface area contributed by atoms with Crippen LogP contribution in [0.3, 0.4) is 0 Å². The molecule has 0 radical (unpaired) electrons. The van der Waals surface area contributed by atoms with Crippen LogP contribution in [0.4, 0.5) is 0 Å². The highest BCUT2D eigenvalue weighted by Crippen LogP contribution is 2.18. The van der Waals surface area contributed by atoms with Crippen molar-refractivity contribution in [3.05, 3.63) is 81.9 Å². The van der Waals surface area contributed by atoms with Crippen molar-refractivity contribution in [1.29, 1.82) is 0 Å². The predicted molar refractivity (Wildman–Crippen MR) is 137 cm³/mol. The monoisotopic (exact) mass is 499 g/mol. The van der Waals surface area contributed by atoms with Gasteiger partial charge in [-0.05, 0) is 32.4 Å². The summed E-state index contributed by atoms with van der Waals surface area (Å²) in [7, 11) is 0. The summed E-state index contributed by atoms with van der Waals surface area (Å²) in [6, 6.07) is 11.6. The predicted octanol–water partition coefficient (Wildman–Crippen LogP) is 2.78. The number of nitrogens with zero attached hydrogens (tertiary/aromatic N) is 6. The van der Waals surface area contributed by atoms with E-state index >= 15 is 0 Å². The Kier molecular flexibility index (Phi) is 7.18. The number of hydrogen-bond donors (Lipinski definition) is 1. The van der Waals surface area contributed by atoms with E-state index in [0.29, 0.717) is 54.9 Å². The molecule has 0 aliphatic carbocycles. The highest BCUT2D eigenvalue weighted by atomic mass is 16.5. The third kappa shape index (κ3) is 5.80. The lowest BCUT2D eigenvalue weighted by atomic mass is 10.1. The second-order valence-electron chi connectivity index (χ2n) is 9.25. The molecule has 1 amide bonds. The van der Waals surface area contributed by atoms with E-state index in [1.807, 2.05) is 36.1 Å². The minimum absolute atomic E-state index is 0.0381. The lowest BCUT2D eigenvalue weighted by molar-refractivity contribution is -0.133. The molecule has 5 rings (SSSR count). The van der Waals surface area contributed by atoms with Crippen LogP contribution in [-0.2, 0) is 17.8 Å². The molecule has 1 aromatic carbocycles. The van der Waals surface area contributed by atoms with Crippen LogP contribution in [0.25, 0.3) is 22.8 Å². The first-order valence-electron chi connectivity index (χ1n) is 12.4. The first-order valence-corrected chi connectivity index (χ1v) is 12.4. The number of rotatable bonds is 7. The summed E-state index contributed by atoms with van der Waals surface area (Å²) >= 11 is 0. The first-order chi connectivity index (χ1) is 18.0. The van der Waals surface area contributed by atoms with Gasteiger partial charge in [0.1, 0.15) is 5.82 Å². The van der Waals surface area contributed by atoms with E-state index in [0.717, 1.165) is 24.2 Å². The highest BCUT2D eigenvalue weighted by Gasteiger charge is 2.23. The highest BCUT2D eigenvalue weighted by molar-refractivity contribution is 5.76. The Labute approximate surface area is 214 Å². The Morgan fingerprint density at radius 2 is 1.70 bits per heavy atom. The van der Waals surface area contributed by atoms with Gasteiger partial charge in [0.15, 0.2) is 0 Å². The van der Waals surface area contributed by atoms with Gasteiger partial charge in [-0.1, -0.05) is 35.0 Å². The molecule has 0 atom stereocenters. The molecule has 4 aromatic rings. The Hall–Kier alpha value is -4.18. The summed E-state index contributed by atoms with van der Waals surface area (Å²) in [6.07, 6.45) is 3.93. The van der Waals surface area contributed by atoms with Crippen LogP contribution in [0.2, 0.25) is 0 Å². The molecule has 10 nitrogen and oxygen atoms in total. The van der Waals surface area contributed by atoms with Gasteiger partial charge in [-0.25, -0.2) is 4.98 Å². The van der Waals surface area contributed by atoms with E-state index in [1.165, 1.54) is 5.56 Å². The minimum Gasteiger partial charge on any atom is -0.340 e. The normalized spacial score (nSPS) is 14.2. The van der Waals surface area contributed by atoms with Gasteiger partial charge >= 0.3 is 0 Å². The number of piperazine rings is 1.